The number of aromatic nitrogens is 2. The lowest BCUT2D eigenvalue weighted by molar-refractivity contribution is 0.0996. The summed E-state index contributed by atoms with van der Waals surface area (Å²) in [4.78, 5) is 35.6. The first-order valence-corrected chi connectivity index (χ1v) is 17.8. The molecule has 3 aromatic carbocycles. The first-order chi connectivity index (χ1) is 22.6. The maximum absolute atomic E-state index is 14.3. The lowest BCUT2D eigenvalue weighted by atomic mass is 10.1. The maximum atomic E-state index is 14.3. The summed E-state index contributed by atoms with van der Waals surface area (Å²) in [5.74, 6) is -1.68. The molecular formula is C36H34N4O6S2. The molecule has 0 bridgehead atoms. The summed E-state index contributed by atoms with van der Waals surface area (Å²) in [6, 6.07) is 17.3. The molecule has 0 aliphatic rings. The van der Waals surface area contributed by atoms with Crippen LogP contribution in [-0.2, 0) is 20.0 Å². The molecule has 2 aromatic heterocycles. The van der Waals surface area contributed by atoms with Crippen molar-refractivity contribution in [2.75, 3.05) is 8.61 Å². The van der Waals surface area contributed by atoms with Crippen LogP contribution in [0, 0.1) is 41.5 Å². The predicted molar refractivity (Wildman–Crippen MR) is 184 cm³/mol. The first kappa shape index (κ1) is 34.1. The summed E-state index contributed by atoms with van der Waals surface area (Å²) < 4.78 is 58.6. The third kappa shape index (κ3) is 6.36. The van der Waals surface area contributed by atoms with Crippen molar-refractivity contribution in [1.29, 1.82) is 0 Å². The molecule has 0 radical (unpaired) electrons. The molecule has 0 saturated heterocycles. The van der Waals surface area contributed by atoms with Gasteiger partial charge in [-0.2, -0.15) is 8.61 Å². The van der Waals surface area contributed by atoms with Crippen LogP contribution in [0.2, 0.25) is 0 Å². The van der Waals surface area contributed by atoms with E-state index in [4.69, 9.17) is 0 Å². The maximum Gasteiger partial charge on any atom is 0.272 e. The average Bonchev–Trinajstić information content (AvgIpc) is 3.05. The zero-order valence-electron chi connectivity index (χ0n) is 27.3. The van der Waals surface area contributed by atoms with Crippen LogP contribution in [0.15, 0.2) is 107 Å². The van der Waals surface area contributed by atoms with E-state index in [9.17, 15) is 26.4 Å². The van der Waals surface area contributed by atoms with Crippen LogP contribution in [0.1, 0.15) is 54.1 Å². The van der Waals surface area contributed by atoms with Gasteiger partial charge in [-0.25, -0.2) is 16.8 Å². The highest BCUT2D eigenvalue weighted by molar-refractivity contribution is 7.94. The van der Waals surface area contributed by atoms with E-state index in [2.05, 4.69) is 9.97 Å². The molecule has 5 rings (SSSR count). The van der Waals surface area contributed by atoms with Crippen LogP contribution in [0.5, 0.6) is 0 Å². The number of carbonyl (C=O) groups is 2. The number of hydrogen-bond acceptors (Lipinski definition) is 8. The van der Waals surface area contributed by atoms with Gasteiger partial charge in [0.15, 0.2) is 0 Å². The van der Waals surface area contributed by atoms with Crippen molar-refractivity contribution in [2.45, 2.75) is 51.3 Å². The van der Waals surface area contributed by atoms with Crippen molar-refractivity contribution in [1.82, 2.24) is 9.97 Å². The molecule has 0 saturated carbocycles. The number of benzene rings is 3. The van der Waals surface area contributed by atoms with Gasteiger partial charge in [0.05, 0.1) is 21.2 Å². The van der Waals surface area contributed by atoms with Gasteiger partial charge in [-0.1, -0.05) is 12.1 Å². The summed E-state index contributed by atoms with van der Waals surface area (Å²) in [7, 11) is -8.98. The monoisotopic (exact) mass is 682 g/mol. The van der Waals surface area contributed by atoms with Gasteiger partial charge < -0.3 is 0 Å². The molecule has 5 aromatic rings. The van der Waals surface area contributed by atoms with Gasteiger partial charge in [0.1, 0.15) is 0 Å². The number of rotatable bonds is 8. The highest BCUT2D eigenvalue weighted by Crippen LogP contribution is 2.34. The Morgan fingerprint density at radius 1 is 0.458 bits per heavy atom. The number of hydrogen-bond donors (Lipinski definition) is 0. The molecule has 0 fully saturated rings. The molecular weight excluding hydrogens is 649 g/mol. The minimum absolute atomic E-state index is 0.0561. The summed E-state index contributed by atoms with van der Waals surface area (Å²) in [6.07, 6.45) is 5.52. The fourth-order valence-electron chi connectivity index (χ4n) is 5.30. The van der Waals surface area contributed by atoms with E-state index in [0.717, 1.165) is 22.3 Å². The lowest BCUT2D eigenvalue weighted by Crippen LogP contribution is -2.38. The topological polar surface area (TPSA) is 135 Å². The molecule has 10 nitrogen and oxygen atoms in total. The van der Waals surface area contributed by atoms with E-state index in [1.807, 2.05) is 13.8 Å². The van der Waals surface area contributed by atoms with Gasteiger partial charge in [0.25, 0.3) is 31.9 Å². The second kappa shape index (κ2) is 13.1. The number of pyridine rings is 2. The number of aryl methyl sites for hydroxylation is 6. The third-order valence-corrected chi connectivity index (χ3v) is 11.9. The summed E-state index contributed by atoms with van der Waals surface area (Å²) in [6.45, 7) is 10.6. The fourth-order valence-corrected chi connectivity index (χ4v) is 8.72. The van der Waals surface area contributed by atoms with E-state index < -0.39 is 31.9 Å². The van der Waals surface area contributed by atoms with Gasteiger partial charge >= 0.3 is 0 Å². The second-order valence-corrected chi connectivity index (χ2v) is 15.1. The summed E-state index contributed by atoms with van der Waals surface area (Å²) in [5.41, 5.74) is 4.15. The average molecular weight is 683 g/mol. The molecule has 246 valence electrons. The molecule has 0 N–H and O–H groups in total. The Labute approximate surface area is 280 Å². The number of nitrogens with zero attached hydrogens (tertiary/aromatic N) is 4. The quantitative estimate of drug-likeness (QED) is 0.184. The molecule has 48 heavy (non-hydrogen) atoms. The van der Waals surface area contributed by atoms with Crippen LogP contribution in [0.25, 0.3) is 0 Å². The highest BCUT2D eigenvalue weighted by atomic mass is 32.2. The summed E-state index contributed by atoms with van der Waals surface area (Å²) >= 11 is 0. The molecule has 0 unspecified atom stereocenters. The van der Waals surface area contributed by atoms with Crippen molar-refractivity contribution in [3.05, 3.63) is 142 Å². The van der Waals surface area contributed by atoms with E-state index in [0.29, 0.717) is 19.7 Å². The van der Waals surface area contributed by atoms with Crippen LogP contribution in [-0.4, -0.2) is 38.6 Å². The predicted octanol–water partition coefficient (Wildman–Crippen LogP) is 6.40. The Morgan fingerprint density at radius 3 is 1.06 bits per heavy atom. The lowest BCUT2D eigenvalue weighted by Gasteiger charge is -2.26. The minimum atomic E-state index is -4.49. The van der Waals surface area contributed by atoms with Crippen LogP contribution < -0.4 is 8.61 Å². The van der Waals surface area contributed by atoms with Gasteiger partial charge in [-0.05, 0) is 136 Å². The van der Waals surface area contributed by atoms with Crippen LogP contribution in [0.4, 0.5) is 11.4 Å². The number of sulfonamides is 2. The molecule has 0 spiro atoms. The zero-order valence-corrected chi connectivity index (χ0v) is 28.9. The van der Waals surface area contributed by atoms with Gasteiger partial charge in [-0.15, -0.1) is 0 Å². The van der Waals surface area contributed by atoms with Crippen molar-refractivity contribution in [3.8, 4) is 0 Å². The smallest absolute Gasteiger partial charge is 0.268 e. The van der Waals surface area contributed by atoms with Crippen LogP contribution in [0.3, 0.4) is 0 Å². The molecule has 0 aliphatic heterocycles. The Kier molecular flexibility index (Phi) is 9.34. The number of carbonyl (C=O) groups excluding carboxylic acids is 2. The first-order valence-electron chi connectivity index (χ1n) is 14.9. The second-order valence-electron chi connectivity index (χ2n) is 11.5. The zero-order chi connectivity index (χ0) is 35.0. The van der Waals surface area contributed by atoms with Crippen molar-refractivity contribution in [3.63, 3.8) is 0 Å². The Balaban J connectivity index is 1.69. The van der Waals surface area contributed by atoms with Gasteiger partial charge in [-0.3, -0.25) is 19.6 Å². The van der Waals surface area contributed by atoms with E-state index in [1.54, 1.807) is 39.8 Å². The van der Waals surface area contributed by atoms with Crippen molar-refractivity contribution >= 4 is 43.2 Å². The van der Waals surface area contributed by atoms with E-state index in [-0.39, 0.29) is 32.3 Å². The summed E-state index contributed by atoms with van der Waals surface area (Å²) in [5, 5.41) is 0. The molecule has 0 aliphatic carbocycles. The minimum Gasteiger partial charge on any atom is -0.268 e. The largest absolute Gasteiger partial charge is 0.272 e. The Bertz CT molecular complexity index is 2100. The Morgan fingerprint density at radius 2 is 0.750 bits per heavy atom. The number of amides is 2. The van der Waals surface area contributed by atoms with Crippen molar-refractivity contribution < 1.29 is 26.4 Å². The van der Waals surface area contributed by atoms with Gasteiger partial charge in [0.2, 0.25) is 0 Å². The SMILES string of the molecule is Cc1cc(C)c(S(=O)(=O)N(C(=O)c2ccncc2)c2ccc(N(C(=O)c3ccncc3)S(=O)(=O)c3cc(C)c(C)cc3C)cc2)cc1C. The van der Waals surface area contributed by atoms with Crippen LogP contribution >= 0.6 is 0 Å². The molecule has 2 amide bonds. The molecule has 2 heterocycles. The molecule has 12 heteroatoms. The normalized spacial score (nSPS) is 11.6. The third-order valence-electron chi connectivity index (χ3n) is 8.16. The fraction of sp³-hybridized carbons (Fsp3) is 0.167. The molecule has 0 atom stereocenters. The van der Waals surface area contributed by atoms with Crippen molar-refractivity contribution in [2.24, 2.45) is 0 Å². The Hall–Kier alpha value is -5.20. The van der Waals surface area contributed by atoms with E-state index >= 15 is 0 Å². The van der Waals surface area contributed by atoms with E-state index in [1.165, 1.54) is 85.5 Å². The number of anilines is 2. The van der Waals surface area contributed by atoms with Gasteiger partial charge in [0, 0.05) is 35.9 Å². The standard InChI is InChI=1S/C36H34N4O6S2/c1-23-19-27(5)33(21-25(23)3)47(43,44)39(35(41)29-11-15-37-16-12-29)31-7-9-32(10-8-31)40(36(42)30-13-17-38-18-14-30)48(45,46)34-22-26(4)24(2)20-28(34)6/h7-22H,1-6H3. The highest BCUT2D eigenvalue weighted by Gasteiger charge is 2.36.